The van der Waals surface area contributed by atoms with E-state index in [1.807, 2.05) is 0 Å². The predicted molar refractivity (Wildman–Crippen MR) is 75.9 cm³/mol. The summed E-state index contributed by atoms with van der Waals surface area (Å²) in [6, 6.07) is 4.69. The number of carbonyl (C=O) groups excluding carboxylic acids is 2. The van der Waals surface area contributed by atoms with Crippen LogP contribution >= 0.6 is 0 Å². The largest absolute Gasteiger partial charge is 0.471 e. The first kappa shape index (κ1) is 19.9. The Hall–Kier alpha value is -2.14. The van der Waals surface area contributed by atoms with E-state index in [9.17, 15) is 31.2 Å². The number of hydrogen-bond donors (Lipinski definition) is 1. The van der Waals surface area contributed by atoms with Crippen LogP contribution in [0.4, 0.5) is 13.2 Å². The maximum atomic E-state index is 12.6. The quantitative estimate of drug-likeness (QED) is 0.747. The molecule has 0 unspecified atom stereocenters. The topological polar surface area (TPSA) is 107 Å². The van der Waals surface area contributed by atoms with Crippen molar-refractivity contribution >= 4 is 21.9 Å². The Bertz CT molecular complexity index is 701. The molecule has 0 saturated heterocycles. The third kappa shape index (κ3) is 5.81. The second-order valence-corrected chi connectivity index (χ2v) is 6.30. The summed E-state index contributed by atoms with van der Waals surface area (Å²) < 4.78 is 64.5. The Balaban J connectivity index is 2.95. The molecule has 0 fully saturated rings. The minimum absolute atomic E-state index is 0.213. The van der Waals surface area contributed by atoms with Crippen LogP contribution in [0.5, 0.6) is 0 Å². The molecular weight excluding hydrogens is 353 g/mol. The fourth-order valence-electron chi connectivity index (χ4n) is 1.76. The molecule has 0 bridgehead atoms. The Morgan fingerprint density at radius 3 is 2.17 bits per heavy atom. The third-order valence-corrected chi connectivity index (χ3v) is 3.90. The number of amides is 1. The van der Waals surface area contributed by atoms with Crippen molar-refractivity contribution in [3.8, 4) is 0 Å². The van der Waals surface area contributed by atoms with Gasteiger partial charge < -0.3 is 9.64 Å². The molecule has 2 N–H and O–H groups in total. The van der Waals surface area contributed by atoms with Gasteiger partial charge in [0.25, 0.3) is 0 Å². The van der Waals surface area contributed by atoms with Gasteiger partial charge in [-0.15, -0.1) is 0 Å². The number of hydrogen-bond acceptors (Lipinski definition) is 5. The highest BCUT2D eigenvalue weighted by Crippen LogP contribution is 2.21. The molecule has 134 valence electrons. The van der Waals surface area contributed by atoms with E-state index in [0.717, 1.165) is 19.2 Å². The summed E-state index contributed by atoms with van der Waals surface area (Å²) in [5, 5.41) is 4.92. The van der Waals surface area contributed by atoms with Crippen molar-refractivity contribution in [3.05, 3.63) is 29.8 Å². The number of alkyl halides is 3. The predicted octanol–water partition coefficient (Wildman–Crippen LogP) is 0.788. The summed E-state index contributed by atoms with van der Waals surface area (Å²) in [5.74, 6) is -2.87. The van der Waals surface area contributed by atoms with Crippen molar-refractivity contribution in [1.82, 2.24) is 4.90 Å². The molecule has 0 spiro atoms. The van der Waals surface area contributed by atoms with E-state index < -0.39 is 47.6 Å². The van der Waals surface area contributed by atoms with E-state index >= 15 is 0 Å². The Morgan fingerprint density at radius 1 is 1.21 bits per heavy atom. The van der Waals surface area contributed by atoms with Gasteiger partial charge in [0.15, 0.2) is 0 Å². The minimum Gasteiger partial charge on any atom is -0.469 e. The number of primary sulfonamides is 1. The Kier molecular flexibility index (Phi) is 6.32. The number of nitrogens with two attached hydrogens (primary N) is 1. The zero-order valence-corrected chi connectivity index (χ0v) is 13.4. The number of benzene rings is 1. The number of rotatable bonds is 6. The third-order valence-electron chi connectivity index (χ3n) is 2.97. The molecule has 1 aromatic carbocycles. The molecule has 0 saturated carbocycles. The molecular formula is C13H15F3N2O5S. The number of sulfonamides is 1. The molecule has 0 aliphatic carbocycles. The van der Waals surface area contributed by atoms with Gasteiger partial charge in [-0.2, -0.15) is 13.2 Å². The summed E-state index contributed by atoms with van der Waals surface area (Å²) in [4.78, 5) is 22.7. The van der Waals surface area contributed by atoms with Gasteiger partial charge in [0.05, 0.1) is 18.4 Å². The van der Waals surface area contributed by atoms with E-state index in [0.29, 0.717) is 4.90 Å². The van der Waals surface area contributed by atoms with Crippen LogP contribution in [0.15, 0.2) is 29.2 Å². The van der Waals surface area contributed by atoms with E-state index in [1.54, 1.807) is 0 Å². The normalized spacial score (nSPS) is 11.9. The molecule has 24 heavy (non-hydrogen) atoms. The first-order valence-corrected chi connectivity index (χ1v) is 8.04. The van der Waals surface area contributed by atoms with E-state index in [-0.39, 0.29) is 10.5 Å². The minimum atomic E-state index is -5.10. The van der Waals surface area contributed by atoms with Crippen LogP contribution in [0.3, 0.4) is 0 Å². The number of carbonyl (C=O) groups is 2. The average molecular weight is 368 g/mol. The second-order valence-electron chi connectivity index (χ2n) is 4.74. The van der Waals surface area contributed by atoms with Gasteiger partial charge >= 0.3 is 18.1 Å². The van der Waals surface area contributed by atoms with Crippen molar-refractivity contribution < 1.29 is 35.9 Å². The van der Waals surface area contributed by atoms with E-state index in [2.05, 4.69) is 4.74 Å². The van der Waals surface area contributed by atoms with Crippen LogP contribution in [0.2, 0.25) is 0 Å². The first-order valence-electron chi connectivity index (χ1n) is 6.50. The number of methoxy groups -OCH3 is 1. The summed E-state index contributed by atoms with van der Waals surface area (Å²) in [6.45, 7) is -0.956. The van der Waals surface area contributed by atoms with Gasteiger partial charge in [-0.05, 0) is 17.7 Å². The molecule has 0 radical (unpaired) electrons. The first-order chi connectivity index (χ1) is 10.9. The average Bonchev–Trinajstić information content (AvgIpc) is 2.49. The molecule has 11 heteroatoms. The molecule has 0 aliphatic heterocycles. The van der Waals surface area contributed by atoms with Gasteiger partial charge in [-0.1, -0.05) is 12.1 Å². The lowest BCUT2D eigenvalue weighted by molar-refractivity contribution is -0.186. The standard InChI is InChI=1S/C13H15F3N2O5S/c1-23-11(19)6-7-18(12(20)13(14,15)16)8-9-2-4-10(5-3-9)24(17,21)22/h2-5H,6-8H2,1H3,(H2,17,21,22). The maximum absolute atomic E-state index is 12.6. The Labute approximate surface area is 136 Å². The van der Waals surface area contributed by atoms with Crippen molar-refractivity contribution in [2.75, 3.05) is 13.7 Å². The summed E-state index contributed by atoms with van der Waals surface area (Å²) in [7, 11) is -2.86. The monoisotopic (exact) mass is 368 g/mol. The lowest BCUT2D eigenvalue weighted by atomic mass is 10.2. The fraction of sp³-hybridized carbons (Fsp3) is 0.385. The molecule has 0 atom stereocenters. The lowest BCUT2D eigenvalue weighted by Crippen LogP contribution is -2.41. The fourth-order valence-corrected chi connectivity index (χ4v) is 2.28. The van der Waals surface area contributed by atoms with Crippen molar-refractivity contribution in [1.29, 1.82) is 0 Å². The summed E-state index contributed by atoms with van der Waals surface area (Å²) in [5.41, 5.74) is 0.241. The number of nitrogens with zero attached hydrogens (tertiary/aromatic N) is 1. The Morgan fingerprint density at radius 2 is 1.75 bits per heavy atom. The number of esters is 1. The highest BCUT2D eigenvalue weighted by atomic mass is 32.2. The van der Waals surface area contributed by atoms with Crippen molar-refractivity contribution in [3.63, 3.8) is 0 Å². The van der Waals surface area contributed by atoms with Crippen LogP contribution < -0.4 is 5.14 Å². The van der Waals surface area contributed by atoms with E-state index in [4.69, 9.17) is 5.14 Å². The molecule has 0 aromatic heterocycles. The van der Waals surface area contributed by atoms with Gasteiger partial charge in [0, 0.05) is 13.1 Å². The zero-order valence-electron chi connectivity index (χ0n) is 12.5. The highest BCUT2D eigenvalue weighted by molar-refractivity contribution is 7.89. The zero-order chi connectivity index (χ0) is 18.5. The SMILES string of the molecule is COC(=O)CCN(Cc1ccc(S(N)(=O)=O)cc1)C(=O)C(F)(F)F. The van der Waals surface area contributed by atoms with Gasteiger partial charge in [-0.3, -0.25) is 9.59 Å². The molecule has 1 amide bonds. The number of ether oxygens (including phenoxy) is 1. The van der Waals surface area contributed by atoms with Crippen LogP contribution in [0, 0.1) is 0 Å². The maximum Gasteiger partial charge on any atom is 0.471 e. The van der Waals surface area contributed by atoms with Crippen LogP contribution in [0.25, 0.3) is 0 Å². The van der Waals surface area contributed by atoms with E-state index in [1.165, 1.54) is 12.1 Å². The second kappa shape index (κ2) is 7.62. The smallest absolute Gasteiger partial charge is 0.469 e. The molecule has 7 nitrogen and oxygen atoms in total. The van der Waals surface area contributed by atoms with Crippen LogP contribution in [-0.4, -0.2) is 45.0 Å². The molecule has 0 heterocycles. The lowest BCUT2D eigenvalue weighted by Gasteiger charge is -2.23. The molecule has 1 rings (SSSR count). The molecule has 1 aromatic rings. The highest BCUT2D eigenvalue weighted by Gasteiger charge is 2.42. The summed E-state index contributed by atoms with van der Waals surface area (Å²) in [6.07, 6.45) is -5.51. The van der Waals surface area contributed by atoms with Crippen LogP contribution in [0.1, 0.15) is 12.0 Å². The summed E-state index contributed by atoms with van der Waals surface area (Å²) >= 11 is 0. The van der Waals surface area contributed by atoms with Crippen LogP contribution in [-0.2, 0) is 30.9 Å². The van der Waals surface area contributed by atoms with Crippen molar-refractivity contribution in [2.24, 2.45) is 5.14 Å². The van der Waals surface area contributed by atoms with Gasteiger partial charge in [0.1, 0.15) is 0 Å². The van der Waals surface area contributed by atoms with Gasteiger partial charge in [-0.25, -0.2) is 13.6 Å². The molecule has 0 aliphatic rings. The number of halogens is 3. The van der Waals surface area contributed by atoms with Gasteiger partial charge in [0.2, 0.25) is 10.0 Å². The van der Waals surface area contributed by atoms with Crippen molar-refractivity contribution in [2.45, 2.75) is 24.0 Å².